The smallest absolute Gasteiger partial charge is 0.311 e. The van der Waals surface area contributed by atoms with Crippen molar-refractivity contribution >= 4 is 11.9 Å². The van der Waals surface area contributed by atoms with Gasteiger partial charge in [-0.05, 0) is 25.8 Å². The van der Waals surface area contributed by atoms with Crippen LogP contribution in [0.25, 0.3) is 0 Å². The topological polar surface area (TPSA) is 78.4 Å². The molecule has 3 N–H and O–H groups in total. The zero-order valence-corrected chi connectivity index (χ0v) is 9.29. The Labute approximate surface area is 94.6 Å². The van der Waals surface area contributed by atoms with Gasteiger partial charge in [0.1, 0.15) is 0 Å². The van der Waals surface area contributed by atoms with Crippen LogP contribution >= 0.6 is 0 Å². The van der Waals surface area contributed by atoms with E-state index in [2.05, 4.69) is 10.6 Å². The van der Waals surface area contributed by atoms with Crippen LogP contribution in [0.3, 0.4) is 0 Å². The molecule has 1 amide bonds. The highest BCUT2D eigenvalue weighted by Crippen LogP contribution is 2.40. The highest BCUT2D eigenvalue weighted by Gasteiger charge is 2.44. The maximum Gasteiger partial charge on any atom is 0.311 e. The zero-order chi connectivity index (χ0) is 11.6. The van der Waals surface area contributed by atoms with E-state index in [1.165, 1.54) is 0 Å². The number of carboxylic acids is 1. The van der Waals surface area contributed by atoms with Gasteiger partial charge in [0, 0.05) is 13.1 Å². The molecule has 90 valence electrons. The van der Waals surface area contributed by atoms with Gasteiger partial charge in [-0.15, -0.1) is 0 Å². The number of hydrogen-bond acceptors (Lipinski definition) is 3. The van der Waals surface area contributed by atoms with E-state index in [4.69, 9.17) is 5.11 Å². The molecular formula is C11H18N2O3. The third-order valence-corrected chi connectivity index (χ3v) is 3.80. The average Bonchev–Trinajstić information content (AvgIpc) is 2.67. The molecular weight excluding hydrogens is 208 g/mol. The van der Waals surface area contributed by atoms with Crippen molar-refractivity contribution < 1.29 is 14.7 Å². The molecule has 5 heteroatoms. The Balaban J connectivity index is 1.81. The number of hydrogen-bond donors (Lipinski definition) is 3. The highest BCUT2D eigenvalue weighted by atomic mass is 16.4. The molecule has 0 bridgehead atoms. The Morgan fingerprint density at radius 1 is 1.44 bits per heavy atom. The van der Waals surface area contributed by atoms with Crippen LogP contribution in [0.4, 0.5) is 0 Å². The fourth-order valence-corrected chi connectivity index (χ4v) is 2.35. The number of carboxylic acid groups (broad SMARTS) is 1. The number of amides is 1. The molecule has 2 aliphatic rings. The molecule has 2 rings (SSSR count). The fourth-order valence-electron chi connectivity index (χ4n) is 2.35. The Morgan fingerprint density at radius 2 is 2.19 bits per heavy atom. The number of aliphatic carboxylic acids is 1. The van der Waals surface area contributed by atoms with Crippen molar-refractivity contribution in [2.75, 3.05) is 19.6 Å². The summed E-state index contributed by atoms with van der Waals surface area (Å²) in [6, 6.07) is 0. The molecule has 1 atom stereocenters. The lowest BCUT2D eigenvalue weighted by atomic mass is 9.68. The van der Waals surface area contributed by atoms with Crippen molar-refractivity contribution in [3.63, 3.8) is 0 Å². The predicted molar refractivity (Wildman–Crippen MR) is 57.9 cm³/mol. The first-order valence-electron chi connectivity index (χ1n) is 5.86. The largest absolute Gasteiger partial charge is 0.481 e. The number of carbonyl (C=O) groups excluding carboxylic acids is 1. The lowest BCUT2D eigenvalue weighted by molar-refractivity contribution is -0.154. The van der Waals surface area contributed by atoms with E-state index in [1.54, 1.807) is 0 Å². The lowest BCUT2D eigenvalue weighted by Crippen LogP contribution is -2.48. The summed E-state index contributed by atoms with van der Waals surface area (Å²) in [7, 11) is 0. The Morgan fingerprint density at radius 3 is 2.62 bits per heavy atom. The number of carbonyl (C=O) groups is 2. The van der Waals surface area contributed by atoms with Crippen LogP contribution in [-0.2, 0) is 9.59 Å². The van der Waals surface area contributed by atoms with Crippen LogP contribution in [0.2, 0.25) is 0 Å². The molecule has 0 radical (unpaired) electrons. The minimum atomic E-state index is -0.774. The molecule has 1 heterocycles. The summed E-state index contributed by atoms with van der Waals surface area (Å²) in [5, 5.41) is 15.0. The summed E-state index contributed by atoms with van der Waals surface area (Å²) in [6.07, 6.45) is 3.18. The first-order chi connectivity index (χ1) is 7.64. The molecule has 1 saturated carbocycles. The highest BCUT2D eigenvalue weighted by molar-refractivity contribution is 5.81. The maximum absolute atomic E-state index is 11.7. The van der Waals surface area contributed by atoms with Crippen molar-refractivity contribution in [3.8, 4) is 0 Å². The Bertz CT molecular complexity index is 294. The van der Waals surface area contributed by atoms with Gasteiger partial charge in [-0.3, -0.25) is 9.59 Å². The molecule has 2 fully saturated rings. The standard InChI is InChI=1S/C11H18N2O3/c14-9(8-2-5-12-6-8)13-7-11(10(15)16)3-1-4-11/h8,12H,1-7H2,(H,13,14)(H,15,16). The minimum Gasteiger partial charge on any atom is -0.481 e. The number of nitrogens with one attached hydrogen (secondary N) is 2. The van der Waals surface area contributed by atoms with Crippen LogP contribution in [0.15, 0.2) is 0 Å². The van der Waals surface area contributed by atoms with Crippen LogP contribution in [0.1, 0.15) is 25.7 Å². The first-order valence-corrected chi connectivity index (χ1v) is 5.86. The molecule has 16 heavy (non-hydrogen) atoms. The zero-order valence-electron chi connectivity index (χ0n) is 9.29. The first kappa shape index (κ1) is 11.4. The van der Waals surface area contributed by atoms with Gasteiger partial charge in [-0.1, -0.05) is 6.42 Å². The van der Waals surface area contributed by atoms with Gasteiger partial charge in [-0.25, -0.2) is 0 Å². The summed E-state index contributed by atoms with van der Waals surface area (Å²) >= 11 is 0. The van der Waals surface area contributed by atoms with Crippen molar-refractivity contribution in [1.29, 1.82) is 0 Å². The third kappa shape index (κ3) is 2.04. The lowest BCUT2D eigenvalue weighted by Gasteiger charge is -2.37. The Kier molecular flexibility index (Phi) is 3.14. The molecule has 1 saturated heterocycles. The van der Waals surface area contributed by atoms with E-state index < -0.39 is 11.4 Å². The summed E-state index contributed by atoms with van der Waals surface area (Å²) in [5.74, 6) is -0.757. The third-order valence-electron chi connectivity index (χ3n) is 3.80. The van der Waals surface area contributed by atoms with Crippen LogP contribution in [0, 0.1) is 11.3 Å². The summed E-state index contributed by atoms with van der Waals surface area (Å²) in [6.45, 7) is 1.88. The second kappa shape index (κ2) is 4.41. The van der Waals surface area contributed by atoms with Crippen molar-refractivity contribution in [2.45, 2.75) is 25.7 Å². The van der Waals surface area contributed by atoms with E-state index >= 15 is 0 Å². The van der Waals surface area contributed by atoms with E-state index in [0.717, 1.165) is 19.4 Å². The van der Waals surface area contributed by atoms with Crippen molar-refractivity contribution in [1.82, 2.24) is 10.6 Å². The molecule has 1 aliphatic heterocycles. The van der Waals surface area contributed by atoms with Crippen molar-refractivity contribution in [2.24, 2.45) is 11.3 Å². The average molecular weight is 226 g/mol. The quantitative estimate of drug-likeness (QED) is 0.629. The molecule has 1 unspecified atom stereocenters. The predicted octanol–water partition coefficient (Wildman–Crippen LogP) is -0.0330. The second-order valence-electron chi connectivity index (χ2n) is 4.85. The fraction of sp³-hybridized carbons (Fsp3) is 0.818. The van der Waals surface area contributed by atoms with Crippen LogP contribution in [0.5, 0.6) is 0 Å². The van der Waals surface area contributed by atoms with E-state index in [-0.39, 0.29) is 18.4 Å². The molecule has 5 nitrogen and oxygen atoms in total. The maximum atomic E-state index is 11.7. The van der Waals surface area contributed by atoms with Gasteiger partial charge < -0.3 is 15.7 Å². The molecule has 0 aromatic heterocycles. The summed E-state index contributed by atoms with van der Waals surface area (Å²) < 4.78 is 0. The van der Waals surface area contributed by atoms with E-state index in [0.29, 0.717) is 19.4 Å². The van der Waals surface area contributed by atoms with Crippen molar-refractivity contribution in [3.05, 3.63) is 0 Å². The molecule has 1 aliphatic carbocycles. The van der Waals surface area contributed by atoms with Gasteiger partial charge in [0.2, 0.25) is 5.91 Å². The molecule has 0 spiro atoms. The van der Waals surface area contributed by atoms with Crippen LogP contribution in [-0.4, -0.2) is 36.6 Å². The SMILES string of the molecule is O=C(NCC1(C(=O)O)CCC1)C1CCNC1. The Hall–Kier alpha value is -1.10. The molecule has 0 aromatic carbocycles. The van der Waals surface area contributed by atoms with Gasteiger partial charge in [0.15, 0.2) is 0 Å². The van der Waals surface area contributed by atoms with Gasteiger partial charge in [0.05, 0.1) is 11.3 Å². The van der Waals surface area contributed by atoms with Gasteiger partial charge >= 0.3 is 5.97 Å². The van der Waals surface area contributed by atoms with Crippen LogP contribution < -0.4 is 10.6 Å². The summed E-state index contributed by atoms with van der Waals surface area (Å²) in [4.78, 5) is 22.8. The van der Waals surface area contributed by atoms with E-state index in [9.17, 15) is 9.59 Å². The summed E-state index contributed by atoms with van der Waals surface area (Å²) in [5.41, 5.74) is -0.679. The molecule has 0 aromatic rings. The normalized spacial score (nSPS) is 27.1. The van der Waals surface area contributed by atoms with Gasteiger partial charge in [0.25, 0.3) is 0 Å². The monoisotopic (exact) mass is 226 g/mol. The number of rotatable bonds is 4. The minimum absolute atomic E-state index is 0.00229. The van der Waals surface area contributed by atoms with Gasteiger partial charge in [-0.2, -0.15) is 0 Å². The van der Waals surface area contributed by atoms with E-state index in [1.807, 2.05) is 0 Å². The second-order valence-corrected chi connectivity index (χ2v) is 4.85.